The topological polar surface area (TPSA) is 54.7 Å². The number of nitrogens with zero attached hydrogens (tertiary/aromatic N) is 4. The molecule has 4 rings (SSSR count). The number of likely N-dealkylation sites (tertiary alicyclic amines) is 1. The van der Waals surface area contributed by atoms with E-state index in [9.17, 15) is 0 Å². The molecule has 0 spiro atoms. The highest BCUT2D eigenvalue weighted by Gasteiger charge is 2.25. The summed E-state index contributed by atoms with van der Waals surface area (Å²) in [5.41, 5.74) is 3.71. The van der Waals surface area contributed by atoms with E-state index in [-0.39, 0.29) is 24.0 Å². The molecule has 176 valence electrons. The zero-order valence-electron chi connectivity index (χ0n) is 19.3. The first-order valence-corrected chi connectivity index (χ1v) is 11.5. The van der Waals surface area contributed by atoms with Gasteiger partial charge < -0.3 is 19.5 Å². The van der Waals surface area contributed by atoms with Crippen LogP contribution in [-0.4, -0.2) is 46.7 Å². The van der Waals surface area contributed by atoms with Gasteiger partial charge in [-0.05, 0) is 30.0 Å². The molecule has 1 aliphatic rings. The van der Waals surface area contributed by atoms with Crippen LogP contribution in [0.5, 0.6) is 0 Å². The van der Waals surface area contributed by atoms with Gasteiger partial charge in [0.15, 0.2) is 5.96 Å². The van der Waals surface area contributed by atoms with E-state index in [1.165, 1.54) is 16.7 Å². The summed E-state index contributed by atoms with van der Waals surface area (Å²) in [5, 5.41) is 3.46. The van der Waals surface area contributed by atoms with Gasteiger partial charge in [0.25, 0.3) is 0 Å². The van der Waals surface area contributed by atoms with Gasteiger partial charge in [0.05, 0.1) is 26.1 Å². The van der Waals surface area contributed by atoms with Crippen LogP contribution in [0.2, 0.25) is 0 Å². The van der Waals surface area contributed by atoms with E-state index in [4.69, 9.17) is 9.73 Å². The lowest BCUT2D eigenvalue weighted by atomic mass is 10.1. The van der Waals surface area contributed by atoms with E-state index >= 15 is 0 Å². The lowest BCUT2D eigenvalue weighted by Gasteiger charge is -2.21. The van der Waals surface area contributed by atoms with Crippen molar-refractivity contribution in [3.63, 3.8) is 0 Å². The Labute approximate surface area is 214 Å². The fourth-order valence-electron chi connectivity index (χ4n) is 4.01. The minimum atomic E-state index is 0. The van der Waals surface area contributed by atoms with Crippen molar-refractivity contribution in [1.29, 1.82) is 0 Å². The van der Waals surface area contributed by atoms with E-state index in [1.54, 1.807) is 0 Å². The normalized spacial score (nSPS) is 16.0. The molecule has 0 bridgehead atoms. The predicted molar refractivity (Wildman–Crippen MR) is 144 cm³/mol. The van der Waals surface area contributed by atoms with Gasteiger partial charge in [-0.1, -0.05) is 54.6 Å². The second-order valence-electron chi connectivity index (χ2n) is 8.32. The standard InChI is InChI=1S/C26H33N5O.HI/c1-2-28-26(29-16-22-8-10-23(11-9-22)17-30-15-13-27-21-30)31-14-12-25(18-31)20-32-19-24-6-4-3-5-7-24;/h3-11,13,15,21,25H,2,12,14,16-20H2,1H3,(H,28,29);1H. The van der Waals surface area contributed by atoms with Crippen LogP contribution >= 0.6 is 24.0 Å². The van der Waals surface area contributed by atoms with Gasteiger partial charge in [0.2, 0.25) is 0 Å². The molecule has 1 unspecified atom stereocenters. The molecule has 1 fully saturated rings. The van der Waals surface area contributed by atoms with Crippen molar-refractivity contribution in [1.82, 2.24) is 19.8 Å². The van der Waals surface area contributed by atoms with Crippen LogP contribution in [0.4, 0.5) is 0 Å². The molecule has 0 amide bonds. The van der Waals surface area contributed by atoms with E-state index in [1.807, 2.05) is 24.8 Å². The van der Waals surface area contributed by atoms with Crippen molar-refractivity contribution in [2.75, 3.05) is 26.2 Å². The minimum Gasteiger partial charge on any atom is -0.376 e. The summed E-state index contributed by atoms with van der Waals surface area (Å²) in [4.78, 5) is 11.4. The second kappa shape index (κ2) is 13.3. The van der Waals surface area contributed by atoms with Crippen molar-refractivity contribution in [2.24, 2.45) is 10.9 Å². The Hall–Kier alpha value is -2.39. The fourth-order valence-corrected chi connectivity index (χ4v) is 4.01. The Morgan fingerprint density at radius 2 is 1.88 bits per heavy atom. The average molecular weight is 559 g/mol. The van der Waals surface area contributed by atoms with Crippen LogP contribution in [0.1, 0.15) is 30.0 Å². The number of hydrogen-bond donors (Lipinski definition) is 1. The van der Waals surface area contributed by atoms with Crippen LogP contribution in [0.3, 0.4) is 0 Å². The number of guanidine groups is 1. The number of nitrogens with one attached hydrogen (secondary N) is 1. The Balaban J connectivity index is 0.00000306. The second-order valence-corrected chi connectivity index (χ2v) is 8.32. The molecule has 0 aliphatic carbocycles. The third kappa shape index (κ3) is 7.85. The Morgan fingerprint density at radius 1 is 1.09 bits per heavy atom. The lowest BCUT2D eigenvalue weighted by Crippen LogP contribution is -2.40. The third-order valence-corrected chi connectivity index (χ3v) is 5.74. The molecule has 0 radical (unpaired) electrons. The zero-order chi connectivity index (χ0) is 22.0. The van der Waals surface area contributed by atoms with Crippen LogP contribution < -0.4 is 5.32 Å². The van der Waals surface area contributed by atoms with Crippen LogP contribution in [0.25, 0.3) is 0 Å². The zero-order valence-corrected chi connectivity index (χ0v) is 21.6. The van der Waals surface area contributed by atoms with E-state index in [2.05, 4.69) is 75.2 Å². The van der Waals surface area contributed by atoms with E-state index < -0.39 is 0 Å². The molecule has 3 aromatic rings. The molecule has 7 heteroatoms. The Kier molecular flexibility index (Phi) is 10.2. The summed E-state index contributed by atoms with van der Waals surface area (Å²) in [6.07, 6.45) is 6.78. The maximum Gasteiger partial charge on any atom is 0.194 e. The smallest absolute Gasteiger partial charge is 0.194 e. The van der Waals surface area contributed by atoms with Crippen molar-refractivity contribution in [3.05, 3.63) is 90.0 Å². The molecule has 1 aliphatic heterocycles. The summed E-state index contributed by atoms with van der Waals surface area (Å²) in [5.74, 6) is 1.55. The van der Waals surface area contributed by atoms with Gasteiger partial charge in [-0.2, -0.15) is 0 Å². The molecule has 0 saturated carbocycles. The predicted octanol–water partition coefficient (Wildman–Crippen LogP) is 4.55. The van der Waals surface area contributed by atoms with Crippen molar-refractivity contribution in [2.45, 2.75) is 33.0 Å². The summed E-state index contributed by atoms with van der Waals surface area (Å²) < 4.78 is 8.05. The number of ether oxygens (including phenoxy) is 1. The lowest BCUT2D eigenvalue weighted by molar-refractivity contribution is 0.0906. The highest BCUT2D eigenvalue weighted by molar-refractivity contribution is 14.0. The average Bonchev–Trinajstić information content (AvgIpc) is 3.51. The molecule has 1 N–H and O–H groups in total. The molecule has 1 aromatic heterocycles. The first-order valence-electron chi connectivity index (χ1n) is 11.5. The molecular weight excluding hydrogens is 525 g/mol. The number of aliphatic imine (C=N–C) groups is 1. The third-order valence-electron chi connectivity index (χ3n) is 5.74. The maximum absolute atomic E-state index is 5.98. The van der Waals surface area contributed by atoms with Crippen LogP contribution in [0, 0.1) is 5.92 Å². The summed E-state index contributed by atoms with van der Waals surface area (Å²) in [6, 6.07) is 19.1. The molecule has 6 nitrogen and oxygen atoms in total. The van der Waals surface area contributed by atoms with Crippen molar-refractivity contribution >= 4 is 29.9 Å². The largest absolute Gasteiger partial charge is 0.376 e. The van der Waals surface area contributed by atoms with Crippen LogP contribution in [-0.2, 0) is 24.4 Å². The molecule has 2 aromatic carbocycles. The van der Waals surface area contributed by atoms with Crippen LogP contribution in [0.15, 0.2) is 78.3 Å². The number of benzene rings is 2. The highest BCUT2D eigenvalue weighted by Crippen LogP contribution is 2.18. The first-order chi connectivity index (χ1) is 15.8. The number of hydrogen-bond acceptors (Lipinski definition) is 3. The highest BCUT2D eigenvalue weighted by atomic mass is 127. The van der Waals surface area contributed by atoms with Gasteiger partial charge >= 0.3 is 0 Å². The number of halogens is 1. The fraction of sp³-hybridized carbons (Fsp3) is 0.385. The number of rotatable bonds is 9. The maximum atomic E-state index is 5.98. The summed E-state index contributed by atoms with van der Waals surface area (Å²) in [7, 11) is 0. The minimum absolute atomic E-state index is 0. The van der Waals surface area contributed by atoms with Gasteiger partial charge in [-0.3, -0.25) is 0 Å². The monoisotopic (exact) mass is 559 g/mol. The van der Waals surface area contributed by atoms with Gasteiger partial charge in [-0.15, -0.1) is 24.0 Å². The molecule has 1 atom stereocenters. The first kappa shape index (κ1) is 25.2. The van der Waals surface area contributed by atoms with Gasteiger partial charge in [0, 0.05) is 44.5 Å². The summed E-state index contributed by atoms with van der Waals surface area (Å²) >= 11 is 0. The number of imidazole rings is 1. The molecule has 33 heavy (non-hydrogen) atoms. The van der Waals surface area contributed by atoms with E-state index in [0.717, 1.165) is 45.2 Å². The van der Waals surface area contributed by atoms with Crippen molar-refractivity contribution < 1.29 is 4.74 Å². The molecule has 1 saturated heterocycles. The Morgan fingerprint density at radius 3 is 2.61 bits per heavy atom. The van der Waals surface area contributed by atoms with E-state index in [0.29, 0.717) is 19.1 Å². The molecule has 2 heterocycles. The molecular formula is C26H34IN5O. The van der Waals surface area contributed by atoms with Gasteiger partial charge in [-0.25, -0.2) is 9.98 Å². The van der Waals surface area contributed by atoms with Crippen molar-refractivity contribution in [3.8, 4) is 0 Å². The number of aromatic nitrogens is 2. The summed E-state index contributed by atoms with van der Waals surface area (Å²) in [6.45, 7) is 8.00. The quantitative estimate of drug-likeness (QED) is 0.238. The SMILES string of the molecule is CCNC(=NCc1ccc(Cn2ccnc2)cc1)N1CCC(COCc2ccccc2)C1.I. The Bertz CT molecular complexity index is 960. The van der Waals surface area contributed by atoms with Gasteiger partial charge in [0.1, 0.15) is 0 Å².